The minimum atomic E-state index is -0.0305. The summed E-state index contributed by atoms with van der Waals surface area (Å²) in [6.45, 7) is 38.6. The number of aromatic nitrogens is 1. The van der Waals surface area contributed by atoms with Gasteiger partial charge < -0.3 is 19.8 Å². The molecule has 5 heteroatoms. The number of allylic oxidation sites excluding steroid dienone is 1. The Balaban J connectivity index is 1.62. The van der Waals surface area contributed by atoms with Crippen molar-refractivity contribution in [3.8, 4) is 22.4 Å². The van der Waals surface area contributed by atoms with Crippen LogP contribution in [-0.2, 0) is 25.8 Å². The maximum atomic E-state index is 4.67. The van der Waals surface area contributed by atoms with Gasteiger partial charge in [-0.1, -0.05) is 108 Å². The van der Waals surface area contributed by atoms with Crippen LogP contribution in [0.3, 0.4) is 0 Å². The number of hydrogen-bond acceptors (Lipinski definition) is 4. The number of fused-ring (bicyclic) bond motifs is 1. The third kappa shape index (κ3) is 9.54. The molecule has 1 aliphatic rings. The van der Waals surface area contributed by atoms with E-state index < -0.39 is 0 Å². The summed E-state index contributed by atoms with van der Waals surface area (Å²) in [5.41, 5.74) is 19.2. The van der Waals surface area contributed by atoms with E-state index >= 15 is 0 Å². The average molecular weight is 754 g/mol. The van der Waals surface area contributed by atoms with Crippen LogP contribution in [-0.4, -0.2) is 46.7 Å². The molecule has 2 unspecified atom stereocenters. The molecule has 2 atom stereocenters. The molecule has 56 heavy (non-hydrogen) atoms. The predicted molar refractivity (Wildman–Crippen MR) is 244 cm³/mol. The summed E-state index contributed by atoms with van der Waals surface area (Å²) in [6, 6.07) is 21.2. The van der Waals surface area contributed by atoms with Gasteiger partial charge in [-0.3, -0.25) is 0 Å². The Kier molecular flexibility index (Phi) is 14.2. The minimum Gasteiger partial charge on any atom is -0.378 e. The van der Waals surface area contributed by atoms with Crippen LogP contribution >= 0.6 is 0 Å². The van der Waals surface area contributed by atoms with Gasteiger partial charge in [0.15, 0.2) is 0 Å². The molecule has 0 saturated carbocycles. The number of hydrazine groups is 1. The summed E-state index contributed by atoms with van der Waals surface area (Å²) in [4.78, 5) is 2.16. The van der Waals surface area contributed by atoms with Crippen molar-refractivity contribution in [2.45, 2.75) is 119 Å². The van der Waals surface area contributed by atoms with Crippen LogP contribution in [0.2, 0.25) is 0 Å². The lowest BCUT2D eigenvalue weighted by Gasteiger charge is -2.38. The van der Waals surface area contributed by atoms with Crippen molar-refractivity contribution in [3.05, 3.63) is 132 Å². The number of likely N-dealkylation sites (N-methyl/N-ethyl adjacent to an activating group) is 1. The molecule has 0 aliphatic carbocycles. The van der Waals surface area contributed by atoms with Gasteiger partial charge in [0.25, 0.3) is 0 Å². The molecule has 5 rings (SSSR count). The molecule has 0 amide bonds. The first-order chi connectivity index (χ1) is 26.7. The first kappa shape index (κ1) is 42.7. The van der Waals surface area contributed by atoms with Gasteiger partial charge in [0.05, 0.1) is 17.8 Å². The van der Waals surface area contributed by atoms with Gasteiger partial charge in [-0.2, -0.15) is 0 Å². The zero-order chi connectivity index (χ0) is 40.7. The van der Waals surface area contributed by atoms with E-state index in [-0.39, 0.29) is 17.5 Å². The summed E-state index contributed by atoms with van der Waals surface area (Å²) in [6.07, 6.45) is 11.2. The fourth-order valence-corrected chi connectivity index (χ4v) is 9.12. The zero-order valence-electron chi connectivity index (χ0n) is 36.3. The number of rotatable bonds is 19. The molecule has 1 aromatic heterocycles. The smallest absolute Gasteiger partial charge is 0.0707 e. The Labute approximate surface area is 340 Å². The molecular weight excluding hydrogens is 683 g/mol. The van der Waals surface area contributed by atoms with Gasteiger partial charge in [0, 0.05) is 54.5 Å². The quantitative estimate of drug-likeness (QED) is 0.0935. The maximum absolute atomic E-state index is 4.67. The fourth-order valence-electron chi connectivity index (χ4n) is 9.12. The molecule has 1 fully saturated rings. The van der Waals surface area contributed by atoms with E-state index in [1.807, 2.05) is 6.20 Å². The number of benzene rings is 3. The second kappa shape index (κ2) is 18.6. The average Bonchev–Trinajstić information content (AvgIpc) is 3.47. The van der Waals surface area contributed by atoms with Crippen molar-refractivity contribution in [2.24, 2.45) is 11.3 Å². The van der Waals surface area contributed by atoms with E-state index in [4.69, 9.17) is 0 Å². The molecule has 2 heterocycles. The van der Waals surface area contributed by atoms with E-state index in [0.29, 0.717) is 5.92 Å². The third-order valence-electron chi connectivity index (χ3n) is 12.0. The van der Waals surface area contributed by atoms with E-state index in [9.17, 15) is 0 Å². The summed E-state index contributed by atoms with van der Waals surface area (Å²) in [5.74, 6) is 0.362. The van der Waals surface area contributed by atoms with E-state index in [0.717, 1.165) is 69.6 Å². The van der Waals surface area contributed by atoms with Crippen molar-refractivity contribution in [1.82, 2.24) is 25.2 Å². The SMILES string of the molecule is C=CCCC(C)(C)Cc1c(-c2c(C)cccc2CC)n(CC)c2ccc(-c3cc(C)cc(CC(NC(=C)C(C(C)C)N(C)C=C)C(=C)N4CCCCN4)c3)cc12. The topological polar surface area (TPSA) is 35.5 Å². The molecule has 1 saturated heterocycles. The first-order valence-corrected chi connectivity index (χ1v) is 21.2. The maximum Gasteiger partial charge on any atom is 0.0707 e. The molecule has 0 spiro atoms. The number of hydrogen-bond donors (Lipinski definition) is 2. The molecule has 0 radical (unpaired) electrons. The second-order valence-electron chi connectivity index (χ2n) is 17.4. The highest BCUT2D eigenvalue weighted by Crippen LogP contribution is 2.43. The summed E-state index contributed by atoms with van der Waals surface area (Å²) in [7, 11) is 2.08. The highest BCUT2D eigenvalue weighted by molar-refractivity contribution is 5.96. The van der Waals surface area contributed by atoms with E-state index in [2.05, 4.69) is 175 Å². The number of nitrogens with one attached hydrogen (secondary N) is 2. The Morgan fingerprint density at radius 3 is 2.41 bits per heavy atom. The lowest BCUT2D eigenvalue weighted by molar-refractivity contribution is 0.186. The second-order valence-corrected chi connectivity index (χ2v) is 17.4. The Bertz CT molecular complexity index is 2020. The first-order valence-electron chi connectivity index (χ1n) is 21.2. The van der Waals surface area contributed by atoms with Crippen molar-refractivity contribution < 1.29 is 0 Å². The molecule has 300 valence electrons. The van der Waals surface area contributed by atoms with Crippen molar-refractivity contribution in [2.75, 3.05) is 20.1 Å². The summed E-state index contributed by atoms with van der Waals surface area (Å²) < 4.78 is 2.58. The van der Waals surface area contributed by atoms with Crippen molar-refractivity contribution >= 4 is 10.9 Å². The molecule has 3 aromatic carbocycles. The molecule has 4 aromatic rings. The van der Waals surface area contributed by atoms with Gasteiger partial charge in [-0.25, -0.2) is 5.43 Å². The van der Waals surface area contributed by atoms with Crippen LogP contribution in [0.5, 0.6) is 0 Å². The van der Waals surface area contributed by atoms with Gasteiger partial charge in [-0.15, -0.1) is 6.58 Å². The van der Waals surface area contributed by atoms with Crippen LogP contribution in [0.1, 0.15) is 95.0 Å². The summed E-state index contributed by atoms with van der Waals surface area (Å²) >= 11 is 0. The normalized spacial score (nSPS) is 14.5. The molecule has 0 bridgehead atoms. The van der Waals surface area contributed by atoms with Crippen LogP contribution in [0, 0.1) is 25.2 Å². The Morgan fingerprint density at radius 2 is 1.77 bits per heavy atom. The monoisotopic (exact) mass is 754 g/mol. The van der Waals surface area contributed by atoms with Crippen LogP contribution < -0.4 is 10.7 Å². The van der Waals surface area contributed by atoms with Crippen LogP contribution in [0.4, 0.5) is 0 Å². The highest BCUT2D eigenvalue weighted by Gasteiger charge is 2.29. The zero-order valence-corrected chi connectivity index (χ0v) is 36.3. The largest absolute Gasteiger partial charge is 0.378 e. The van der Waals surface area contributed by atoms with Crippen LogP contribution in [0.25, 0.3) is 33.3 Å². The van der Waals surface area contributed by atoms with E-state index in [1.165, 1.54) is 67.5 Å². The minimum absolute atomic E-state index is 0.0305. The molecule has 5 nitrogen and oxygen atoms in total. The lowest BCUT2D eigenvalue weighted by atomic mass is 9.79. The van der Waals surface area contributed by atoms with Crippen molar-refractivity contribution in [3.63, 3.8) is 0 Å². The van der Waals surface area contributed by atoms with E-state index in [1.54, 1.807) is 0 Å². The van der Waals surface area contributed by atoms with Gasteiger partial charge >= 0.3 is 0 Å². The van der Waals surface area contributed by atoms with Gasteiger partial charge in [-0.05, 0) is 129 Å². The van der Waals surface area contributed by atoms with Crippen molar-refractivity contribution in [1.29, 1.82) is 0 Å². The predicted octanol–water partition coefficient (Wildman–Crippen LogP) is 11.9. The van der Waals surface area contributed by atoms with Gasteiger partial charge in [0.1, 0.15) is 0 Å². The Morgan fingerprint density at radius 1 is 1.00 bits per heavy atom. The third-order valence-corrected chi connectivity index (χ3v) is 12.0. The van der Waals surface area contributed by atoms with Crippen LogP contribution in [0.15, 0.2) is 105 Å². The number of nitrogens with zero attached hydrogens (tertiary/aromatic N) is 3. The van der Waals surface area contributed by atoms with Gasteiger partial charge in [0.2, 0.25) is 0 Å². The number of aryl methyl sites for hydroxylation is 4. The molecule has 2 N–H and O–H groups in total. The Hall–Kier alpha value is -4.48. The lowest BCUT2D eigenvalue weighted by Crippen LogP contribution is -2.50. The standard InChI is InChI=1S/C51H71N5/c1-14-18-26-51(11,12)34-45-44-33-42(24-25-47(44)55(17-4)50(45)48-37(8)22-21-23-41(48)15-2)43-30-36(7)29-40(31-43)32-46(39(10)56-28-20-19-27-52-56)53-38(9)49(35(5)6)54(13)16-3/h14,16,21-25,29-31,33,35,46,49,52-53H,1,3,9-10,15,17-20,26-28,32,34H2,2,4-8,11-13H3. The molecule has 1 aliphatic heterocycles. The highest BCUT2D eigenvalue weighted by atomic mass is 15.5. The fraction of sp³-hybridized carbons (Fsp3) is 0.451. The summed E-state index contributed by atoms with van der Waals surface area (Å²) in [5, 5.41) is 7.50. The molecular formula is C51H71N5.